The van der Waals surface area contributed by atoms with Crippen molar-refractivity contribution in [3.8, 4) is 5.75 Å². The Balaban J connectivity index is 1.79. The number of esters is 1. The van der Waals surface area contributed by atoms with Crippen molar-refractivity contribution in [2.45, 2.75) is 32.5 Å². The largest absolute Gasteiger partial charge is 0.497 e. The third kappa shape index (κ3) is 4.62. The van der Waals surface area contributed by atoms with Gasteiger partial charge in [-0.05, 0) is 32.0 Å². The summed E-state index contributed by atoms with van der Waals surface area (Å²) < 4.78 is 13.0. The first-order valence-electron chi connectivity index (χ1n) is 8.38. The van der Waals surface area contributed by atoms with Gasteiger partial charge < -0.3 is 19.4 Å². The van der Waals surface area contributed by atoms with E-state index < -0.39 is 17.9 Å². The highest BCUT2D eigenvalue weighted by atomic mass is 32.1. The molecule has 142 valence electrons. The summed E-state index contributed by atoms with van der Waals surface area (Å²) in [6.45, 7) is 3.74. The number of fused-ring (bicyclic) bond motifs is 1. The molecule has 0 saturated heterocycles. The average molecular weight is 388 g/mol. The molecule has 0 unspecified atom stereocenters. The van der Waals surface area contributed by atoms with E-state index in [4.69, 9.17) is 9.47 Å². The van der Waals surface area contributed by atoms with Gasteiger partial charge in [0, 0.05) is 12.4 Å². The summed E-state index contributed by atoms with van der Waals surface area (Å²) in [6.07, 6.45) is 4.61. The van der Waals surface area contributed by atoms with Crippen LogP contribution in [0.5, 0.6) is 5.75 Å². The van der Waals surface area contributed by atoms with Crippen LogP contribution in [0.25, 0.3) is 10.2 Å². The lowest BCUT2D eigenvalue weighted by Gasteiger charge is -2.19. The Labute approximate surface area is 160 Å². The molecule has 0 bridgehead atoms. The Kier molecular flexibility index (Phi) is 5.70. The summed E-state index contributed by atoms with van der Waals surface area (Å²) in [5, 5.41) is 2.99. The Hall–Kier alpha value is -2.94. The fourth-order valence-electron chi connectivity index (χ4n) is 2.45. The smallest absolute Gasteiger partial charge is 0.330 e. The molecule has 0 radical (unpaired) electrons. The number of carbonyl (C=O) groups is 2. The number of nitrogens with zero attached hydrogens (tertiary/aromatic N) is 3. The van der Waals surface area contributed by atoms with E-state index in [-0.39, 0.29) is 17.7 Å². The second kappa shape index (κ2) is 8.17. The van der Waals surface area contributed by atoms with Gasteiger partial charge in [-0.25, -0.2) is 14.8 Å². The van der Waals surface area contributed by atoms with Gasteiger partial charge in [-0.2, -0.15) is 0 Å². The van der Waals surface area contributed by atoms with Crippen molar-refractivity contribution in [3.63, 3.8) is 0 Å². The number of methoxy groups -OCH3 is 1. The van der Waals surface area contributed by atoms with Gasteiger partial charge in [0.2, 0.25) is 0 Å². The predicted octanol–water partition coefficient (Wildman–Crippen LogP) is 2.25. The van der Waals surface area contributed by atoms with Crippen LogP contribution in [-0.4, -0.2) is 45.7 Å². The summed E-state index contributed by atoms with van der Waals surface area (Å²) >= 11 is 1.24. The normalized spacial score (nSPS) is 12.1. The van der Waals surface area contributed by atoms with E-state index in [0.717, 1.165) is 4.70 Å². The van der Waals surface area contributed by atoms with Crippen molar-refractivity contribution >= 4 is 33.4 Å². The Morgan fingerprint density at radius 3 is 2.81 bits per heavy atom. The van der Waals surface area contributed by atoms with Gasteiger partial charge in [0.15, 0.2) is 5.01 Å². The highest BCUT2D eigenvalue weighted by Crippen LogP contribution is 2.26. The number of aromatic nitrogens is 3. The molecule has 0 saturated carbocycles. The number of ether oxygens (including phenoxy) is 2. The molecule has 0 aliphatic rings. The highest BCUT2D eigenvalue weighted by molar-refractivity contribution is 7.20. The molecule has 8 nitrogen and oxygen atoms in total. The standard InChI is InChI=1S/C18H20N4O4S/c1-11(2)26-18(24)14(9-22-7-6-19-10-22)20-16(23)17-21-13-5-4-12(25-3)8-15(13)27-17/h4-8,10-11,14H,9H2,1-3H3,(H,20,23)/t14-/m0/s1. The Bertz CT molecular complexity index is 936. The van der Waals surface area contributed by atoms with Gasteiger partial charge in [-0.1, -0.05) is 0 Å². The maximum Gasteiger partial charge on any atom is 0.330 e. The molecule has 1 aromatic carbocycles. The quantitative estimate of drug-likeness (QED) is 0.624. The lowest BCUT2D eigenvalue weighted by Crippen LogP contribution is -2.45. The number of carbonyl (C=O) groups excluding carboxylic acids is 2. The van der Waals surface area contributed by atoms with Gasteiger partial charge in [-0.15, -0.1) is 11.3 Å². The first-order valence-corrected chi connectivity index (χ1v) is 9.19. The van der Waals surface area contributed by atoms with Crippen molar-refractivity contribution < 1.29 is 19.1 Å². The van der Waals surface area contributed by atoms with Gasteiger partial charge >= 0.3 is 5.97 Å². The average Bonchev–Trinajstić information content (AvgIpc) is 3.29. The van der Waals surface area contributed by atoms with Crippen LogP contribution in [0, 0.1) is 0 Å². The van der Waals surface area contributed by atoms with Crippen LogP contribution < -0.4 is 10.1 Å². The third-order valence-corrected chi connectivity index (χ3v) is 4.70. The summed E-state index contributed by atoms with van der Waals surface area (Å²) in [6, 6.07) is 4.54. The number of imidazole rings is 1. The zero-order valence-electron chi connectivity index (χ0n) is 15.2. The molecule has 0 fully saturated rings. The number of amides is 1. The first-order chi connectivity index (χ1) is 13.0. The summed E-state index contributed by atoms with van der Waals surface area (Å²) in [7, 11) is 1.58. The SMILES string of the molecule is COc1ccc2nc(C(=O)N[C@@H](Cn3ccnc3)C(=O)OC(C)C)sc2c1. The molecule has 0 aliphatic heterocycles. The summed E-state index contributed by atoms with van der Waals surface area (Å²) in [5.41, 5.74) is 0.696. The fourth-order valence-corrected chi connectivity index (χ4v) is 3.35. The van der Waals surface area contributed by atoms with E-state index in [1.54, 1.807) is 56.4 Å². The van der Waals surface area contributed by atoms with Gasteiger partial charge in [0.1, 0.15) is 11.8 Å². The lowest BCUT2D eigenvalue weighted by atomic mass is 10.2. The number of benzene rings is 1. The van der Waals surface area contributed by atoms with Crippen molar-refractivity contribution in [1.29, 1.82) is 0 Å². The van der Waals surface area contributed by atoms with E-state index >= 15 is 0 Å². The van der Waals surface area contributed by atoms with Crippen LogP contribution in [0.15, 0.2) is 36.9 Å². The number of rotatable bonds is 7. The molecular weight excluding hydrogens is 368 g/mol. The molecule has 3 rings (SSSR count). The Morgan fingerprint density at radius 1 is 1.33 bits per heavy atom. The summed E-state index contributed by atoms with van der Waals surface area (Å²) in [5.74, 6) is -0.243. The van der Waals surface area contributed by atoms with Crippen molar-refractivity contribution in [2.75, 3.05) is 7.11 Å². The number of hydrogen-bond donors (Lipinski definition) is 1. The lowest BCUT2D eigenvalue weighted by molar-refractivity contribution is -0.150. The summed E-state index contributed by atoms with van der Waals surface area (Å²) in [4.78, 5) is 33.4. The van der Waals surface area contributed by atoms with Crippen LogP contribution >= 0.6 is 11.3 Å². The van der Waals surface area contributed by atoms with Crippen molar-refractivity contribution in [2.24, 2.45) is 0 Å². The molecule has 1 atom stereocenters. The molecule has 1 amide bonds. The number of thiazole rings is 1. The van der Waals surface area contributed by atoms with Crippen LogP contribution in [0.4, 0.5) is 0 Å². The molecule has 2 heterocycles. The topological polar surface area (TPSA) is 95.3 Å². The first kappa shape index (κ1) is 18.8. The molecular formula is C18H20N4O4S. The van der Waals surface area contributed by atoms with Crippen molar-refractivity contribution in [3.05, 3.63) is 41.9 Å². The van der Waals surface area contributed by atoms with E-state index in [0.29, 0.717) is 11.3 Å². The van der Waals surface area contributed by atoms with Gasteiger partial charge in [0.05, 0.1) is 36.3 Å². The molecule has 0 spiro atoms. The second-order valence-electron chi connectivity index (χ2n) is 6.12. The molecule has 3 aromatic rings. The maximum atomic E-state index is 12.7. The molecule has 9 heteroatoms. The van der Waals surface area contributed by atoms with Crippen molar-refractivity contribution in [1.82, 2.24) is 19.9 Å². The third-order valence-electron chi connectivity index (χ3n) is 3.68. The van der Waals surface area contributed by atoms with Crippen LogP contribution in [0.2, 0.25) is 0 Å². The van der Waals surface area contributed by atoms with Crippen LogP contribution in [-0.2, 0) is 16.1 Å². The predicted molar refractivity (Wildman–Crippen MR) is 101 cm³/mol. The molecule has 27 heavy (non-hydrogen) atoms. The molecule has 0 aliphatic carbocycles. The minimum Gasteiger partial charge on any atom is -0.497 e. The second-order valence-corrected chi connectivity index (χ2v) is 7.15. The maximum absolute atomic E-state index is 12.7. The van der Waals surface area contributed by atoms with Gasteiger partial charge in [0.25, 0.3) is 5.91 Å². The molecule has 2 aromatic heterocycles. The molecule has 1 N–H and O–H groups in total. The highest BCUT2D eigenvalue weighted by Gasteiger charge is 2.25. The fraction of sp³-hybridized carbons (Fsp3) is 0.333. The van der Waals surface area contributed by atoms with E-state index in [2.05, 4.69) is 15.3 Å². The van der Waals surface area contributed by atoms with E-state index in [1.807, 2.05) is 6.07 Å². The monoisotopic (exact) mass is 388 g/mol. The number of hydrogen-bond acceptors (Lipinski definition) is 7. The zero-order chi connectivity index (χ0) is 19.4. The van der Waals surface area contributed by atoms with Crippen LogP contribution in [0.3, 0.4) is 0 Å². The van der Waals surface area contributed by atoms with Crippen LogP contribution in [0.1, 0.15) is 23.6 Å². The van der Waals surface area contributed by atoms with E-state index in [1.165, 1.54) is 11.3 Å². The minimum atomic E-state index is -0.851. The zero-order valence-corrected chi connectivity index (χ0v) is 16.0. The minimum absolute atomic E-state index is 0.218. The van der Waals surface area contributed by atoms with E-state index in [9.17, 15) is 9.59 Å². The number of nitrogens with one attached hydrogen (secondary N) is 1. The Morgan fingerprint density at radius 2 is 2.15 bits per heavy atom. The van der Waals surface area contributed by atoms with Gasteiger partial charge in [-0.3, -0.25) is 4.79 Å².